The Morgan fingerprint density at radius 3 is 1.09 bits per heavy atom. The number of benzene rings is 3. The first-order valence-corrected chi connectivity index (χ1v) is 14.7. The van der Waals surface area contributed by atoms with Gasteiger partial charge in [0.15, 0.2) is 11.7 Å². The molecule has 0 aromatic heterocycles. The van der Waals surface area contributed by atoms with Gasteiger partial charge in [-0.2, -0.15) is 0 Å². The fraction of sp³-hybridized carbons (Fsp3) is 0.444. The minimum absolute atomic E-state index is 0. The molecule has 1 fully saturated rings. The van der Waals surface area contributed by atoms with Crippen molar-refractivity contribution in [3.05, 3.63) is 81.9 Å². The molecule has 1 aliphatic rings. The van der Waals surface area contributed by atoms with Gasteiger partial charge in [-0.05, 0) is 60.8 Å². The van der Waals surface area contributed by atoms with E-state index in [-0.39, 0.29) is 38.8 Å². The molecule has 0 atom stereocenters. The molecule has 1 saturated heterocycles. The molecular weight excluding hydrogens is 579 g/mol. The first-order valence-electron chi connectivity index (χ1n) is 14.7. The summed E-state index contributed by atoms with van der Waals surface area (Å²) in [5, 5.41) is 23.9. The maximum absolute atomic E-state index is 12.0. The number of aryl methyl sites for hydroxylation is 4. The van der Waals surface area contributed by atoms with Crippen LogP contribution in [0.5, 0.6) is 11.5 Å². The number of hydrogen-bond donors (Lipinski definition) is 0. The molecule has 43 heavy (non-hydrogen) atoms. The standard InChI is InChI=1S/C22H28N4.C14H22O2.Ni/c1-15-9-7-10-16(2)19(15)23-21-22(26(6)14-13-25(21)5)24-20-17(3)11-8-12-18(20)4;1-13(2,3)9-7-8-10(14(4,5)6)12(16)11(9)15;/h7-12H,13-14H2,1-6H3;7-8,15-16H,1-6H3;/q;;+2/p-2. The molecule has 6 nitrogen and oxygen atoms in total. The van der Waals surface area contributed by atoms with Crippen molar-refractivity contribution in [1.82, 2.24) is 9.80 Å². The molecule has 0 unspecified atom stereocenters. The average Bonchev–Trinajstić information content (AvgIpc) is 2.87. The van der Waals surface area contributed by atoms with Crippen LogP contribution in [0.3, 0.4) is 0 Å². The van der Waals surface area contributed by atoms with E-state index < -0.39 is 0 Å². The average molecular weight is 627 g/mol. The second-order valence-electron chi connectivity index (χ2n) is 13.5. The molecule has 7 heteroatoms. The molecule has 0 aliphatic carbocycles. The Bertz CT molecular complexity index is 1340. The SMILES string of the molecule is CC(C)(C)c1ccc(C(C)(C)C)c([O-])c1[O-].Cc1cccc(C)c1N=C1C(=Nc2c(C)cccc2C)N(C)CCN1C.[Ni+2]. The Morgan fingerprint density at radius 2 is 0.837 bits per heavy atom. The molecule has 0 amide bonds. The van der Waals surface area contributed by atoms with Gasteiger partial charge in [0.2, 0.25) is 0 Å². The summed E-state index contributed by atoms with van der Waals surface area (Å²) in [6.07, 6.45) is 0. The zero-order valence-corrected chi connectivity index (χ0v) is 28.9. The summed E-state index contributed by atoms with van der Waals surface area (Å²) >= 11 is 0. The minimum atomic E-state index is -0.347. The van der Waals surface area contributed by atoms with E-state index in [4.69, 9.17) is 9.98 Å². The number of rotatable bonds is 2. The van der Waals surface area contributed by atoms with Crippen molar-refractivity contribution in [2.24, 2.45) is 9.98 Å². The van der Waals surface area contributed by atoms with Gasteiger partial charge in [0.25, 0.3) is 0 Å². The summed E-state index contributed by atoms with van der Waals surface area (Å²) in [6, 6.07) is 16.2. The van der Waals surface area contributed by atoms with Gasteiger partial charge in [0.1, 0.15) is 0 Å². The second kappa shape index (κ2) is 14.0. The normalized spacial score (nSPS) is 15.7. The summed E-state index contributed by atoms with van der Waals surface area (Å²) in [5.41, 5.74) is 7.49. The molecule has 0 radical (unpaired) electrons. The van der Waals surface area contributed by atoms with Crippen LogP contribution in [0.1, 0.15) is 74.9 Å². The van der Waals surface area contributed by atoms with Gasteiger partial charge < -0.3 is 20.0 Å². The zero-order valence-electron chi connectivity index (χ0n) is 28.0. The van der Waals surface area contributed by atoms with E-state index in [0.29, 0.717) is 11.1 Å². The van der Waals surface area contributed by atoms with Crippen molar-refractivity contribution in [3.8, 4) is 11.5 Å². The van der Waals surface area contributed by atoms with Crippen molar-refractivity contribution in [2.75, 3.05) is 27.2 Å². The number of para-hydroxylation sites is 2. The summed E-state index contributed by atoms with van der Waals surface area (Å²) in [4.78, 5) is 14.5. The molecule has 234 valence electrons. The predicted molar refractivity (Wildman–Crippen MR) is 174 cm³/mol. The monoisotopic (exact) mass is 626 g/mol. The third-order valence-corrected chi connectivity index (χ3v) is 7.74. The summed E-state index contributed by atoms with van der Waals surface area (Å²) in [5.74, 6) is 1.16. The van der Waals surface area contributed by atoms with E-state index in [0.717, 1.165) is 36.1 Å². The molecular formula is C36H48N4NiO2. The minimum Gasteiger partial charge on any atom is -0.873 e. The topological polar surface area (TPSA) is 77.3 Å². The predicted octanol–water partition coefficient (Wildman–Crippen LogP) is 6.98. The van der Waals surface area contributed by atoms with Crippen LogP contribution in [0.25, 0.3) is 0 Å². The Labute approximate surface area is 269 Å². The third-order valence-electron chi connectivity index (χ3n) is 7.74. The number of piperazine rings is 1. The molecule has 0 saturated carbocycles. The van der Waals surface area contributed by atoms with Crippen molar-refractivity contribution in [1.29, 1.82) is 0 Å². The van der Waals surface area contributed by atoms with Crippen molar-refractivity contribution >= 4 is 23.0 Å². The van der Waals surface area contributed by atoms with Crippen molar-refractivity contribution in [3.63, 3.8) is 0 Å². The van der Waals surface area contributed by atoms with Gasteiger partial charge in [-0.1, -0.05) is 101 Å². The van der Waals surface area contributed by atoms with Gasteiger partial charge in [-0.25, -0.2) is 9.98 Å². The van der Waals surface area contributed by atoms with Crippen LogP contribution in [0.15, 0.2) is 58.5 Å². The van der Waals surface area contributed by atoms with E-state index in [1.807, 2.05) is 41.5 Å². The van der Waals surface area contributed by atoms with Crippen LogP contribution < -0.4 is 10.2 Å². The molecule has 4 rings (SSSR count). The fourth-order valence-electron chi connectivity index (χ4n) is 5.04. The van der Waals surface area contributed by atoms with Crippen molar-refractivity contribution < 1.29 is 26.7 Å². The van der Waals surface area contributed by atoms with Crippen molar-refractivity contribution in [2.45, 2.75) is 80.1 Å². The van der Waals surface area contributed by atoms with E-state index in [9.17, 15) is 10.2 Å². The molecule has 1 heterocycles. The number of aliphatic imine (C=N–C) groups is 2. The summed E-state index contributed by atoms with van der Waals surface area (Å²) in [7, 11) is 4.19. The van der Waals surface area contributed by atoms with Gasteiger partial charge in [-0.3, -0.25) is 0 Å². The van der Waals surface area contributed by atoms with Crippen LogP contribution in [-0.4, -0.2) is 48.7 Å². The fourth-order valence-corrected chi connectivity index (χ4v) is 5.04. The Morgan fingerprint density at radius 1 is 0.558 bits per heavy atom. The maximum atomic E-state index is 12.0. The van der Waals surface area contributed by atoms with E-state index in [1.165, 1.54) is 22.3 Å². The van der Waals surface area contributed by atoms with Gasteiger partial charge in [0.05, 0.1) is 11.4 Å². The molecule has 0 bridgehead atoms. The van der Waals surface area contributed by atoms with Gasteiger partial charge >= 0.3 is 16.5 Å². The van der Waals surface area contributed by atoms with E-state index in [1.54, 1.807) is 12.1 Å². The van der Waals surface area contributed by atoms with E-state index in [2.05, 4.69) is 88.0 Å². The quantitative estimate of drug-likeness (QED) is 0.287. The van der Waals surface area contributed by atoms with Gasteiger partial charge in [-0.15, -0.1) is 11.5 Å². The molecule has 1 aliphatic heterocycles. The maximum Gasteiger partial charge on any atom is 2.00 e. The van der Waals surface area contributed by atoms with Crippen LogP contribution in [0.4, 0.5) is 11.4 Å². The Hall–Kier alpha value is -3.31. The second-order valence-corrected chi connectivity index (χ2v) is 13.5. The summed E-state index contributed by atoms with van der Waals surface area (Å²) < 4.78 is 0. The number of likely N-dealkylation sites (N-methyl/N-ethyl adjacent to an activating group) is 2. The van der Waals surface area contributed by atoms with Crippen LogP contribution in [0.2, 0.25) is 0 Å². The van der Waals surface area contributed by atoms with E-state index >= 15 is 0 Å². The van der Waals surface area contributed by atoms with Crippen LogP contribution in [0, 0.1) is 27.7 Å². The largest absolute Gasteiger partial charge is 2.00 e. The van der Waals surface area contributed by atoms with Gasteiger partial charge in [0, 0.05) is 27.2 Å². The number of hydrogen-bond acceptors (Lipinski definition) is 4. The Balaban J connectivity index is 0.000000328. The molecule has 0 N–H and O–H groups in total. The summed E-state index contributed by atoms with van der Waals surface area (Å²) in [6.45, 7) is 22.0. The molecule has 0 spiro atoms. The van der Waals surface area contributed by atoms with Crippen LogP contribution >= 0.6 is 0 Å². The first-order chi connectivity index (χ1) is 19.4. The molecule has 3 aromatic rings. The number of nitrogens with zero attached hydrogens (tertiary/aromatic N) is 4. The third kappa shape index (κ3) is 8.41. The van der Waals surface area contributed by atoms with Crippen LogP contribution in [-0.2, 0) is 27.3 Å². The zero-order chi connectivity index (χ0) is 31.6. The number of amidine groups is 2. The smallest absolute Gasteiger partial charge is 0.873 e. The molecule has 3 aromatic carbocycles. The Kier molecular flexibility index (Phi) is 11.7. The first kappa shape index (κ1) is 35.9.